The fourth-order valence-electron chi connectivity index (χ4n) is 0.254. The van der Waals surface area contributed by atoms with E-state index in [2.05, 4.69) is 0 Å². The van der Waals surface area contributed by atoms with E-state index in [1.54, 1.807) is 6.66 Å². The summed E-state index contributed by atoms with van der Waals surface area (Å²) in [6.45, 7) is 6.22. The zero-order valence-corrected chi connectivity index (χ0v) is 6.44. The zero-order chi connectivity index (χ0) is 6.57. The van der Waals surface area contributed by atoms with Crippen molar-refractivity contribution in [2.75, 3.05) is 13.3 Å². The zero-order valence-electron chi connectivity index (χ0n) is 5.55. The molecule has 1 atom stereocenters. The van der Waals surface area contributed by atoms with E-state index >= 15 is 0 Å². The molecule has 1 unspecified atom stereocenters. The Morgan fingerprint density at radius 1 is 1.62 bits per heavy atom. The van der Waals surface area contributed by atoms with Gasteiger partial charge in [0.05, 0.1) is 6.61 Å². The van der Waals surface area contributed by atoms with E-state index in [1.807, 2.05) is 13.8 Å². The Morgan fingerprint density at radius 3 is 2.25 bits per heavy atom. The van der Waals surface area contributed by atoms with Gasteiger partial charge in [-0.2, -0.15) is 0 Å². The van der Waals surface area contributed by atoms with Gasteiger partial charge < -0.3 is 9.42 Å². The van der Waals surface area contributed by atoms with Crippen molar-refractivity contribution in [3.8, 4) is 0 Å². The Bertz CT molecular complexity index is 46.4. The highest BCUT2D eigenvalue weighted by atomic mass is 31.2. The molecule has 0 fully saturated rings. The van der Waals surface area contributed by atoms with Crippen molar-refractivity contribution in [1.82, 2.24) is 0 Å². The summed E-state index contributed by atoms with van der Waals surface area (Å²) in [5.41, 5.74) is 0. The molecule has 2 nitrogen and oxygen atoms in total. The first kappa shape index (κ1) is 8.35. The molecule has 0 aromatic carbocycles. The summed E-state index contributed by atoms with van der Waals surface area (Å²) in [5, 5.41) is 0. The Balaban J connectivity index is 2.93. The minimum atomic E-state index is -1.38. The van der Waals surface area contributed by atoms with Gasteiger partial charge >= 0.3 is 0 Å². The van der Waals surface area contributed by atoms with E-state index in [9.17, 15) is 4.89 Å². The van der Waals surface area contributed by atoms with Crippen LogP contribution in [0.15, 0.2) is 0 Å². The van der Waals surface area contributed by atoms with Crippen LogP contribution in [0.1, 0.15) is 13.8 Å². The van der Waals surface area contributed by atoms with Crippen LogP contribution in [0.4, 0.5) is 0 Å². The van der Waals surface area contributed by atoms with Gasteiger partial charge in [0.25, 0.3) is 0 Å². The highest BCUT2D eigenvalue weighted by molar-refractivity contribution is 7.43. The minimum Gasteiger partial charge on any atom is -0.808 e. The largest absolute Gasteiger partial charge is 0.808 e. The summed E-state index contributed by atoms with van der Waals surface area (Å²) >= 11 is 0. The van der Waals surface area contributed by atoms with Gasteiger partial charge in [-0.25, -0.2) is 0 Å². The predicted octanol–water partition coefficient (Wildman–Crippen LogP) is 0.961. The van der Waals surface area contributed by atoms with E-state index in [4.69, 9.17) is 4.52 Å². The first-order valence-corrected chi connectivity index (χ1v) is 4.29. The van der Waals surface area contributed by atoms with Crippen LogP contribution in [0.25, 0.3) is 0 Å². The molecule has 0 aliphatic carbocycles. The normalized spacial score (nSPS) is 14.6. The molecule has 0 aliphatic heterocycles. The van der Waals surface area contributed by atoms with Gasteiger partial charge in [0, 0.05) is 0 Å². The minimum absolute atomic E-state index is 0.480. The van der Waals surface area contributed by atoms with Gasteiger partial charge in [0.2, 0.25) is 0 Å². The first-order valence-electron chi connectivity index (χ1n) is 2.66. The van der Waals surface area contributed by atoms with Crippen molar-refractivity contribution < 1.29 is 9.42 Å². The van der Waals surface area contributed by atoms with E-state index in [0.717, 1.165) is 0 Å². The molecule has 0 radical (unpaired) electrons. The molecule has 0 heterocycles. The number of hydrogen-bond donors (Lipinski definition) is 0. The van der Waals surface area contributed by atoms with Crippen molar-refractivity contribution in [2.45, 2.75) is 13.8 Å². The molecule has 0 spiro atoms. The lowest BCUT2D eigenvalue weighted by Crippen LogP contribution is -2.03. The molecule has 50 valence electrons. The molecule has 0 aromatic heterocycles. The van der Waals surface area contributed by atoms with Crippen LogP contribution in [0.3, 0.4) is 0 Å². The summed E-state index contributed by atoms with van der Waals surface area (Å²) in [4.78, 5) is 10.3. The Morgan fingerprint density at radius 2 is 2.12 bits per heavy atom. The highest BCUT2D eigenvalue weighted by Crippen LogP contribution is 2.19. The van der Waals surface area contributed by atoms with Crippen LogP contribution in [0.5, 0.6) is 0 Å². The summed E-state index contributed by atoms with van der Waals surface area (Å²) in [7, 11) is -1.38. The second-order valence-corrected chi connectivity index (χ2v) is 3.27. The molecule has 3 heteroatoms. The van der Waals surface area contributed by atoms with Crippen molar-refractivity contribution >= 4 is 8.38 Å². The number of hydrogen-bond acceptors (Lipinski definition) is 2. The molecule has 0 aliphatic rings. The fraction of sp³-hybridized carbons (Fsp3) is 1.00. The second-order valence-electron chi connectivity index (χ2n) is 2.13. The third-order valence-electron chi connectivity index (χ3n) is 0.590. The molecular weight excluding hydrogens is 123 g/mol. The topological polar surface area (TPSA) is 32.3 Å². The average molecular weight is 135 g/mol. The maximum absolute atomic E-state index is 10.3. The fourth-order valence-corrected chi connectivity index (χ4v) is 0.762. The third kappa shape index (κ3) is 6.35. The summed E-state index contributed by atoms with van der Waals surface area (Å²) in [5.74, 6) is 0.480. The van der Waals surface area contributed by atoms with Crippen molar-refractivity contribution in [3.05, 3.63) is 0 Å². The summed E-state index contributed by atoms with van der Waals surface area (Å²) in [6.07, 6.45) is 0. The molecule has 0 bridgehead atoms. The quantitative estimate of drug-likeness (QED) is 0.540. The second kappa shape index (κ2) is 4.25. The molecular formula is C5H12O2P-. The van der Waals surface area contributed by atoms with Gasteiger partial charge in [0.1, 0.15) is 0 Å². The molecule has 8 heavy (non-hydrogen) atoms. The van der Waals surface area contributed by atoms with Crippen LogP contribution >= 0.6 is 8.38 Å². The molecule has 0 saturated heterocycles. The maximum Gasteiger partial charge on any atom is 0.0515 e. The lowest BCUT2D eigenvalue weighted by atomic mass is 10.2. The molecule has 0 N–H and O–H groups in total. The highest BCUT2D eigenvalue weighted by Gasteiger charge is 1.90. The van der Waals surface area contributed by atoms with Crippen LogP contribution in [-0.4, -0.2) is 13.3 Å². The third-order valence-corrected chi connectivity index (χ3v) is 1.10. The standard InChI is InChI=1S/C5H12O2P/c1-5(2)4-7-8(3)6/h5H,4H2,1-3H3/q-1. The van der Waals surface area contributed by atoms with Crippen LogP contribution < -0.4 is 4.89 Å². The van der Waals surface area contributed by atoms with Crippen molar-refractivity contribution in [3.63, 3.8) is 0 Å². The van der Waals surface area contributed by atoms with Gasteiger partial charge in [-0.3, -0.25) is 0 Å². The Labute approximate surface area is 51.8 Å². The first-order chi connectivity index (χ1) is 3.63. The lowest BCUT2D eigenvalue weighted by molar-refractivity contribution is -0.179. The van der Waals surface area contributed by atoms with Crippen LogP contribution in [0, 0.1) is 5.92 Å². The Kier molecular flexibility index (Phi) is 4.44. The average Bonchev–Trinajstić information content (AvgIpc) is 1.61. The van der Waals surface area contributed by atoms with E-state index < -0.39 is 8.38 Å². The van der Waals surface area contributed by atoms with Gasteiger partial charge in [0.15, 0.2) is 0 Å². The number of rotatable bonds is 3. The summed E-state index contributed by atoms with van der Waals surface area (Å²) in [6, 6.07) is 0. The monoisotopic (exact) mass is 135 g/mol. The van der Waals surface area contributed by atoms with E-state index in [-0.39, 0.29) is 0 Å². The predicted molar refractivity (Wildman–Crippen MR) is 33.6 cm³/mol. The van der Waals surface area contributed by atoms with Crippen molar-refractivity contribution in [2.24, 2.45) is 5.92 Å². The molecule has 0 saturated carbocycles. The maximum atomic E-state index is 10.3. The van der Waals surface area contributed by atoms with E-state index in [1.165, 1.54) is 0 Å². The van der Waals surface area contributed by atoms with Gasteiger partial charge in [-0.05, 0) is 12.6 Å². The smallest absolute Gasteiger partial charge is 0.0515 e. The molecule has 0 amide bonds. The van der Waals surface area contributed by atoms with Gasteiger partial charge in [-0.15, -0.1) is 0 Å². The Hall–Kier alpha value is 0.350. The van der Waals surface area contributed by atoms with Crippen molar-refractivity contribution in [1.29, 1.82) is 0 Å². The summed E-state index contributed by atoms with van der Waals surface area (Å²) < 4.78 is 4.81. The van der Waals surface area contributed by atoms with E-state index in [0.29, 0.717) is 12.5 Å². The van der Waals surface area contributed by atoms with Gasteiger partial charge in [-0.1, -0.05) is 22.2 Å². The lowest BCUT2D eigenvalue weighted by Gasteiger charge is -2.18. The van der Waals surface area contributed by atoms with Crippen LogP contribution in [0.2, 0.25) is 0 Å². The van der Waals surface area contributed by atoms with Crippen LogP contribution in [-0.2, 0) is 4.52 Å². The SMILES string of the molecule is CC(C)COP(C)[O-]. The molecule has 0 rings (SSSR count). The molecule has 0 aromatic rings.